The fourth-order valence-corrected chi connectivity index (χ4v) is 1.74. The molecule has 0 amide bonds. The normalized spacial score (nSPS) is 14.2. The number of aliphatic carboxylic acids is 1. The summed E-state index contributed by atoms with van der Waals surface area (Å²) in [5.41, 5.74) is 8.31. The highest BCUT2D eigenvalue weighted by Crippen LogP contribution is 2.16. The molecule has 0 bridgehead atoms. The molecule has 0 aromatic carbocycles. The van der Waals surface area contributed by atoms with Gasteiger partial charge in [0.2, 0.25) is 0 Å². The second-order valence-electron chi connectivity index (χ2n) is 5.41. The van der Waals surface area contributed by atoms with Gasteiger partial charge >= 0.3 is 5.97 Å². The number of hydrogen-bond acceptors (Lipinski definition) is 3. The van der Waals surface area contributed by atoms with Crippen molar-refractivity contribution in [3.8, 4) is 0 Å². The molecule has 130 valence electrons. The van der Waals surface area contributed by atoms with Crippen LogP contribution in [0.25, 0.3) is 0 Å². The molecule has 0 aromatic rings. The Bertz CT molecular complexity index is 349. The predicted molar refractivity (Wildman–Crippen MR) is 96.1 cm³/mol. The van der Waals surface area contributed by atoms with E-state index in [0.717, 1.165) is 25.9 Å². The van der Waals surface area contributed by atoms with Crippen molar-refractivity contribution in [1.29, 1.82) is 0 Å². The Morgan fingerprint density at radius 1 is 1.36 bits per heavy atom. The lowest BCUT2D eigenvalue weighted by Crippen LogP contribution is -2.30. The number of carboxylic acids is 1. The molecule has 4 heteroatoms. The van der Waals surface area contributed by atoms with Gasteiger partial charge in [-0.2, -0.15) is 0 Å². The van der Waals surface area contributed by atoms with Crippen LogP contribution in [0, 0.1) is 0 Å². The summed E-state index contributed by atoms with van der Waals surface area (Å²) in [5, 5.41) is 8.50. The van der Waals surface area contributed by atoms with Gasteiger partial charge in [0, 0.05) is 0 Å². The van der Waals surface area contributed by atoms with Gasteiger partial charge in [-0.05, 0) is 53.2 Å². The summed E-state index contributed by atoms with van der Waals surface area (Å²) in [6.07, 6.45) is 8.03. The van der Waals surface area contributed by atoms with Gasteiger partial charge in [-0.1, -0.05) is 50.5 Å². The van der Waals surface area contributed by atoms with Crippen LogP contribution in [0.4, 0.5) is 0 Å². The molecule has 0 heterocycles. The molecule has 1 aliphatic carbocycles. The first-order chi connectivity index (χ1) is 10.4. The molecular formula is C18H36N2O2. The molecule has 0 radical (unpaired) electrons. The first-order valence-electron chi connectivity index (χ1n) is 8.38. The van der Waals surface area contributed by atoms with Gasteiger partial charge in [-0.3, -0.25) is 4.79 Å². The Balaban J connectivity index is 0. The van der Waals surface area contributed by atoms with E-state index in [-0.39, 0.29) is 0 Å². The lowest BCUT2D eigenvalue weighted by Gasteiger charge is -2.13. The minimum atomic E-state index is -0.899. The highest BCUT2D eigenvalue weighted by atomic mass is 16.4. The van der Waals surface area contributed by atoms with E-state index in [9.17, 15) is 4.79 Å². The Labute approximate surface area is 137 Å². The molecule has 0 aromatic heterocycles. The molecule has 1 atom stereocenters. The topological polar surface area (TPSA) is 66.6 Å². The molecule has 22 heavy (non-hydrogen) atoms. The zero-order valence-electron chi connectivity index (χ0n) is 15.4. The Morgan fingerprint density at radius 2 is 1.95 bits per heavy atom. The SMILES string of the molecule is CC.CC1=C(C)CC=C1.CCN(C)CCCC[C@H](N)C(=O)O. The third-order valence-corrected chi connectivity index (χ3v) is 3.63. The van der Waals surface area contributed by atoms with Crippen molar-refractivity contribution in [3.63, 3.8) is 0 Å². The maximum atomic E-state index is 10.3. The first kappa shape index (κ1) is 23.1. The molecule has 3 N–H and O–H groups in total. The van der Waals surface area contributed by atoms with Crippen LogP contribution in [0.3, 0.4) is 0 Å². The van der Waals surface area contributed by atoms with E-state index < -0.39 is 12.0 Å². The summed E-state index contributed by atoms with van der Waals surface area (Å²) in [6.45, 7) is 12.5. The maximum absolute atomic E-state index is 10.3. The Morgan fingerprint density at radius 3 is 2.27 bits per heavy atom. The van der Waals surface area contributed by atoms with Crippen molar-refractivity contribution < 1.29 is 9.90 Å². The summed E-state index contributed by atoms with van der Waals surface area (Å²) in [5.74, 6) is -0.899. The molecule has 0 aliphatic heterocycles. The molecule has 0 spiro atoms. The smallest absolute Gasteiger partial charge is 0.320 e. The second-order valence-corrected chi connectivity index (χ2v) is 5.41. The van der Waals surface area contributed by atoms with Gasteiger partial charge < -0.3 is 15.7 Å². The second kappa shape index (κ2) is 14.8. The van der Waals surface area contributed by atoms with Crippen molar-refractivity contribution >= 4 is 5.97 Å². The van der Waals surface area contributed by atoms with Gasteiger partial charge in [-0.15, -0.1) is 0 Å². The molecular weight excluding hydrogens is 276 g/mol. The van der Waals surface area contributed by atoms with E-state index in [1.165, 1.54) is 17.6 Å². The highest BCUT2D eigenvalue weighted by Gasteiger charge is 2.09. The monoisotopic (exact) mass is 312 g/mol. The number of carbonyl (C=O) groups is 1. The molecule has 4 nitrogen and oxygen atoms in total. The van der Waals surface area contributed by atoms with Gasteiger partial charge in [0.25, 0.3) is 0 Å². The van der Waals surface area contributed by atoms with Crippen molar-refractivity contribution in [2.45, 2.75) is 66.3 Å². The zero-order chi connectivity index (χ0) is 17.5. The number of unbranched alkanes of at least 4 members (excludes halogenated alkanes) is 1. The number of allylic oxidation sites excluding steroid dienone is 4. The number of carboxylic acid groups (broad SMARTS) is 1. The maximum Gasteiger partial charge on any atom is 0.320 e. The molecule has 1 aliphatic rings. The van der Waals surface area contributed by atoms with Crippen LogP contribution in [0.2, 0.25) is 0 Å². The van der Waals surface area contributed by atoms with Gasteiger partial charge in [0.15, 0.2) is 0 Å². The van der Waals surface area contributed by atoms with Crippen LogP contribution >= 0.6 is 0 Å². The number of nitrogens with zero attached hydrogens (tertiary/aromatic N) is 1. The van der Waals surface area contributed by atoms with Crippen LogP contribution in [0.5, 0.6) is 0 Å². The standard InChI is InChI=1S/C9H20N2O2.C7H10.C2H6/c1-3-11(2)7-5-4-6-8(10)9(12)13;1-6-4-3-5-7(6)2;1-2/h8H,3-7,10H2,1-2H3,(H,12,13);3-4H,5H2,1-2H3;1-2H3/t8-;;/m0../s1. The largest absolute Gasteiger partial charge is 0.480 e. The van der Waals surface area contributed by atoms with Crippen LogP contribution in [0.15, 0.2) is 23.3 Å². The summed E-state index contributed by atoms with van der Waals surface area (Å²) in [7, 11) is 2.05. The van der Waals surface area contributed by atoms with E-state index in [1.54, 1.807) is 0 Å². The van der Waals surface area contributed by atoms with Gasteiger partial charge in [0.1, 0.15) is 6.04 Å². The third-order valence-electron chi connectivity index (χ3n) is 3.63. The first-order valence-corrected chi connectivity index (χ1v) is 8.38. The van der Waals surface area contributed by atoms with E-state index in [4.69, 9.17) is 10.8 Å². The molecule has 1 rings (SSSR count). The minimum Gasteiger partial charge on any atom is -0.480 e. The van der Waals surface area contributed by atoms with Crippen molar-refractivity contribution in [3.05, 3.63) is 23.3 Å². The summed E-state index contributed by atoms with van der Waals surface area (Å²) >= 11 is 0. The number of nitrogens with two attached hydrogens (primary N) is 1. The fraction of sp³-hybridized carbons (Fsp3) is 0.722. The highest BCUT2D eigenvalue weighted by molar-refractivity contribution is 5.72. The van der Waals surface area contributed by atoms with E-state index >= 15 is 0 Å². The van der Waals surface area contributed by atoms with Crippen LogP contribution in [-0.2, 0) is 4.79 Å². The Hall–Kier alpha value is -1.13. The van der Waals surface area contributed by atoms with E-state index in [1.807, 2.05) is 13.8 Å². The average Bonchev–Trinajstić information content (AvgIpc) is 2.89. The van der Waals surface area contributed by atoms with Crippen molar-refractivity contribution in [2.75, 3.05) is 20.1 Å². The lowest BCUT2D eigenvalue weighted by molar-refractivity contribution is -0.138. The van der Waals surface area contributed by atoms with E-state index in [2.05, 4.69) is 44.9 Å². The number of rotatable bonds is 7. The third kappa shape index (κ3) is 12.6. The average molecular weight is 312 g/mol. The van der Waals surface area contributed by atoms with Crippen LogP contribution in [-0.4, -0.2) is 42.2 Å². The van der Waals surface area contributed by atoms with Crippen molar-refractivity contribution in [1.82, 2.24) is 4.90 Å². The quantitative estimate of drug-likeness (QED) is 0.701. The van der Waals surface area contributed by atoms with Crippen LogP contribution in [0.1, 0.15) is 60.3 Å². The summed E-state index contributed by atoms with van der Waals surface area (Å²) < 4.78 is 0. The Kier molecular flexibility index (Phi) is 15.6. The molecule has 0 saturated heterocycles. The lowest BCUT2D eigenvalue weighted by atomic mass is 10.1. The minimum absolute atomic E-state index is 0.576. The molecule has 0 unspecified atom stereocenters. The molecule has 0 saturated carbocycles. The van der Waals surface area contributed by atoms with Gasteiger partial charge in [-0.25, -0.2) is 0 Å². The predicted octanol–water partition coefficient (Wildman–Crippen LogP) is 3.83. The van der Waals surface area contributed by atoms with Crippen LogP contribution < -0.4 is 5.73 Å². The number of hydrogen-bond donors (Lipinski definition) is 2. The zero-order valence-corrected chi connectivity index (χ0v) is 15.4. The summed E-state index contributed by atoms with van der Waals surface area (Å²) in [6, 6.07) is -0.688. The van der Waals surface area contributed by atoms with E-state index in [0.29, 0.717) is 6.42 Å². The fourth-order valence-electron chi connectivity index (χ4n) is 1.74. The van der Waals surface area contributed by atoms with Gasteiger partial charge in [0.05, 0.1) is 0 Å². The summed E-state index contributed by atoms with van der Waals surface area (Å²) in [4.78, 5) is 12.5. The molecule has 0 fully saturated rings. The van der Waals surface area contributed by atoms with Crippen molar-refractivity contribution in [2.24, 2.45) is 5.73 Å².